The first-order chi connectivity index (χ1) is 17.4. The van der Waals surface area contributed by atoms with Crippen LogP contribution in [-0.2, 0) is 0 Å². The molecule has 182 valence electrons. The number of aryl methyl sites for hydroxylation is 2. The summed E-state index contributed by atoms with van der Waals surface area (Å²) in [4.78, 5) is 38.4. The van der Waals surface area contributed by atoms with Gasteiger partial charge in [0, 0.05) is 48.0 Å². The van der Waals surface area contributed by atoms with Gasteiger partial charge < -0.3 is 9.80 Å². The van der Waals surface area contributed by atoms with Crippen molar-refractivity contribution in [3.8, 4) is 11.1 Å². The average Bonchev–Trinajstić information content (AvgIpc) is 2.91. The van der Waals surface area contributed by atoms with E-state index >= 15 is 0 Å². The van der Waals surface area contributed by atoms with Gasteiger partial charge >= 0.3 is 0 Å². The lowest BCUT2D eigenvalue weighted by molar-refractivity contribution is 0.0975. The molecule has 0 N–H and O–H groups in total. The molecule has 2 aromatic carbocycles. The summed E-state index contributed by atoms with van der Waals surface area (Å²) in [6, 6.07) is 22.9. The van der Waals surface area contributed by atoms with Crippen molar-refractivity contribution < 1.29 is 9.59 Å². The van der Waals surface area contributed by atoms with Crippen LogP contribution in [0.3, 0.4) is 0 Å². The van der Waals surface area contributed by atoms with Gasteiger partial charge in [0.05, 0.1) is 0 Å². The summed E-state index contributed by atoms with van der Waals surface area (Å²) in [5, 5.41) is 0. The van der Waals surface area contributed by atoms with Crippen LogP contribution in [0.2, 0.25) is 0 Å². The van der Waals surface area contributed by atoms with Gasteiger partial charge in [-0.3, -0.25) is 19.6 Å². The fourth-order valence-corrected chi connectivity index (χ4v) is 4.00. The van der Waals surface area contributed by atoms with Crippen LogP contribution in [0.5, 0.6) is 0 Å². The summed E-state index contributed by atoms with van der Waals surface area (Å²) in [5.41, 5.74) is 6.36. The molecule has 0 spiro atoms. The zero-order valence-corrected chi connectivity index (χ0v) is 21.1. The van der Waals surface area contributed by atoms with Gasteiger partial charge in [0.25, 0.3) is 11.8 Å². The van der Waals surface area contributed by atoms with Crippen molar-refractivity contribution in [2.24, 2.45) is 0 Å². The smallest absolute Gasteiger partial charge is 0.276 e. The molecule has 0 saturated heterocycles. The molecule has 0 saturated carbocycles. The molecule has 36 heavy (non-hydrogen) atoms. The monoisotopic (exact) mass is 478 g/mol. The summed E-state index contributed by atoms with van der Waals surface area (Å²) < 4.78 is 0. The molecule has 0 aliphatic rings. The summed E-state index contributed by atoms with van der Waals surface area (Å²) in [6.07, 6.45) is 3.33. The number of hydrogen-bond donors (Lipinski definition) is 0. The van der Waals surface area contributed by atoms with E-state index in [4.69, 9.17) is 0 Å². The van der Waals surface area contributed by atoms with Crippen LogP contribution in [0.4, 0.5) is 11.4 Å². The van der Waals surface area contributed by atoms with Crippen molar-refractivity contribution in [3.63, 3.8) is 0 Å². The molecule has 2 amide bonds. The second-order valence-electron chi connectivity index (χ2n) is 8.63. The second kappa shape index (κ2) is 11.0. The Labute approximate surface area is 212 Å². The van der Waals surface area contributed by atoms with Gasteiger partial charge in [-0.05, 0) is 64.1 Å². The zero-order valence-electron chi connectivity index (χ0n) is 21.1. The van der Waals surface area contributed by atoms with Gasteiger partial charge in [0.15, 0.2) is 0 Å². The number of carbonyl (C=O) groups excluding carboxylic acids is 2. The highest BCUT2D eigenvalue weighted by Crippen LogP contribution is 2.22. The first kappa shape index (κ1) is 24.8. The standard InChI is InChI=1S/C30H30N4O2/c1-5-33(25-13-7-21(3)8-14-25)29(35)27-17-11-23(19-31-27)24-12-18-28(32-20-24)30(36)34(6-2)26-15-9-22(4)10-16-26/h7-20H,5-6H2,1-4H3. The summed E-state index contributed by atoms with van der Waals surface area (Å²) in [5.74, 6) is -0.300. The van der Waals surface area contributed by atoms with Crippen LogP contribution in [-0.4, -0.2) is 34.9 Å². The molecule has 0 unspecified atom stereocenters. The first-order valence-electron chi connectivity index (χ1n) is 12.1. The summed E-state index contributed by atoms with van der Waals surface area (Å²) >= 11 is 0. The van der Waals surface area contributed by atoms with E-state index in [2.05, 4.69) is 9.97 Å². The number of nitrogens with zero attached hydrogens (tertiary/aromatic N) is 4. The maximum Gasteiger partial charge on any atom is 0.276 e. The third-order valence-corrected chi connectivity index (χ3v) is 6.11. The van der Waals surface area contributed by atoms with E-state index in [9.17, 15) is 9.59 Å². The number of rotatable bonds is 7. The van der Waals surface area contributed by atoms with Gasteiger partial charge in [-0.15, -0.1) is 0 Å². The highest BCUT2D eigenvalue weighted by molar-refractivity contribution is 6.05. The van der Waals surface area contributed by atoms with Crippen molar-refractivity contribution in [3.05, 3.63) is 108 Å². The lowest BCUT2D eigenvalue weighted by Gasteiger charge is -2.21. The van der Waals surface area contributed by atoms with E-state index < -0.39 is 0 Å². The third kappa shape index (κ3) is 5.33. The average molecular weight is 479 g/mol. The Kier molecular flexibility index (Phi) is 7.54. The van der Waals surface area contributed by atoms with Crippen molar-refractivity contribution >= 4 is 23.2 Å². The van der Waals surface area contributed by atoms with Crippen LogP contribution in [0.15, 0.2) is 85.2 Å². The number of pyridine rings is 2. The van der Waals surface area contributed by atoms with E-state index in [1.54, 1.807) is 34.3 Å². The molecule has 2 aromatic heterocycles. The Hall–Kier alpha value is -4.32. The number of anilines is 2. The van der Waals surface area contributed by atoms with Gasteiger partial charge in [-0.2, -0.15) is 0 Å². The molecule has 0 fully saturated rings. The minimum Gasteiger partial charge on any atom is -0.307 e. The Morgan fingerprint density at radius 3 is 1.22 bits per heavy atom. The maximum absolute atomic E-state index is 13.1. The Morgan fingerprint density at radius 2 is 0.944 bits per heavy atom. The molecule has 6 heteroatoms. The summed E-state index contributed by atoms with van der Waals surface area (Å²) in [7, 11) is 0. The normalized spacial score (nSPS) is 10.7. The number of aromatic nitrogens is 2. The number of amides is 2. The van der Waals surface area contributed by atoms with Crippen molar-refractivity contribution in [2.75, 3.05) is 22.9 Å². The minimum atomic E-state index is -0.150. The predicted octanol–water partition coefficient (Wildman–Crippen LogP) is 6.09. The third-order valence-electron chi connectivity index (χ3n) is 6.11. The molecule has 4 aromatic rings. The SMILES string of the molecule is CCN(C(=O)c1ccc(-c2ccc(C(=O)N(CC)c3ccc(C)cc3)nc2)cn1)c1ccc(C)cc1. The number of carbonyl (C=O) groups is 2. The van der Waals surface area contributed by atoms with Crippen LogP contribution in [0, 0.1) is 13.8 Å². The quantitative estimate of drug-likeness (QED) is 0.322. The number of hydrogen-bond acceptors (Lipinski definition) is 4. The summed E-state index contributed by atoms with van der Waals surface area (Å²) in [6.45, 7) is 9.01. The van der Waals surface area contributed by atoms with Gasteiger partial charge in [-0.1, -0.05) is 47.5 Å². The minimum absolute atomic E-state index is 0.150. The van der Waals surface area contributed by atoms with E-state index in [-0.39, 0.29) is 11.8 Å². The second-order valence-corrected chi connectivity index (χ2v) is 8.63. The van der Waals surface area contributed by atoms with Crippen molar-refractivity contribution in [1.82, 2.24) is 9.97 Å². The highest BCUT2D eigenvalue weighted by atomic mass is 16.2. The van der Waals surface area contributed by atoms with Crippen molar-refractivity contribution in [2.45, 2.75) is 27.7 Å². The molecule has 6 nitrogen and oxygen atoms in total. The van der Waals surface area contributed by atoms with Crippen LogP contribution in [0.25, 0.3) is 11.1 Å². The highest BCUT2D eigenvalue weighted by Gasteiger charge is 2.19. The molecule has 0 bridgehead atoms. The Balaban J connectivity index is 1.49. The fourth-order valence-electron chi connectivity index (χ4n) is 4.00. The molecular weight excluding hydrogens is 448 g/mol. The molecule has 0 aliphatic heterocycles. The predicted molar refractivity (Wildman–Crippen MR) is 145 cm³/mol. The Morgan fingerprint density at radius 1 is 0.583 bits per heavy atom. The maximum atomic E-state index is 13.1. The van der Waals surface area contributed by atoms with E-state index in [1.165, 1.54) is 0 Å². The molecule has 4 rings (SSSR count). The lowest BCUT2D eigenvalue weighted by Crippen LogP contribution is -2.31. The zero-order chi connectivity index (χ0) is 25.7. The van der Waals surface area contributed by atoms with E-state index in [1.807, 2.05) is 88.4 Å². The van der Waals surface area contributed by atoms with Gasteiger partial charge in [0.2, 0.25) is 0 Å². The molecule has 0 aliphatic carbocycles. The lowest BCUT2D eigenvalue weighted by atomic mass is 10.1. The molecule has 0 radical (unpaired) electrons. The van der Waals surface area contributed by atoms with Gasteiger partial charge in [0.1, 0.15) is 11.4 Å². The number of benzene rings is 2. The molecular formula is C30H30N4O2. The van der Waals surface area contributed by atoms with Crippen LogP contribution < -0.4 is 9.80 Å². The van der Waals surface area contributed by atoms with Crippen LogP contribution >= 0.6 is 0 Å². The van der Waals surface area contributed by atoms with E-state index in [0.29, 0.717) is 24.5 Å². The molecule has 2 heterocycles. The van der Waals surface area contributed by atoms with E-state index in [0.717, 1.165) is 33.6 Å². The Bertz CT molecular complexity index is 1220. The molecule has 0 atom stereocenters. The van der Waals surface area contributed by atoms with Gasteiger partial charge in [-0.25, -0.2) is 0 Å². The van der Waals surface area contributed by atoms with Crippen LogP contribution in [0.1, 0.15) is 46.0 Å². The topological polar surface area (TPSA) is 66.4 Å². The fraction of sp³-hybridized carbons (Fsp3) is 0.200. The van der Waals surface area contributed by atoms with Crippen molar-refractivity contribution in [1.29, 1.82) is 0 Å². The largest absolute Gasteiger partial charge is 0.307 e. The first-order valence-corrected chi connectivity index (χ1v) is 12.1.